The minimum Gasteiger partial charge on any atom is -0.356 e. The standard InChI is InChI=1S/C9H10FIN2/c10-8-5-7(11)6-9(12-8)13-3-1-2-4-13/h5-6H,1-4H2. The molecule has 0 aromatic carbocycles. The van der Waals surface area contributed by atoms with E-state index in [0.717, 1.165) is 22.5 Å². The molecular formula is C9H10FIN2. The van der Waals surface area contributed by atoms with Gasteiger partial charge in [0.15, 0.2) is 0 Å². The average Bonchev–Trinajstić information content (AvgIpc) is 2.53. The molecule has 2 rings (SSSR count). The molecule has 2 heterocycles. The van der Waals surface area contributed by atoms with Gasteiger partial charge in [0.2, 0.25) is 5.95 Å². The molecule has 0 radical (unpaired) electrons. The van der Waals surface area contributed by atoms with Crippen LogP contribution < -0.4 is 4.90 Å². The van der Waals surface area contributed by atoms with Crippen LogP contribution in [-0.2, 0) is 0 Å². The van der Waals surface area contributed by atoms with Crippen molar-refractivity contribution in [2.75, 3.05) is 18.0 Å². The molecule has 1 fully saturated rings. The van der Waals surface area contributed by atoms with Crippen LogP contribution in [0.2, 0.25) is 0 Å². The highest BCUT2D eigenvalue weighted by Gasteiger charge is 2.14. The molecule has 0 N–H and O–H groups in total. The van der Waals surface area contributed by atoms with E-state index in [4.69, 9.17) is 0 Å². The first-order chi connectivity index (χ1) is 6.25. The monoisotopic (exact) mass is 292 g/mol. The lowest BCUT2D eigenvalue weighted by molar-refractivity contribution is 0.581. The minimum absolute atomic E-state index is 0.381. The van der Waals surface area contributed by atoms with Gasteiger partial charge in [-0.3, -0.25) is 0 Å². The van der Waals surface area contributed by atoms with Gasteiger partial charge in [-0.25, -0.2) is 4.98 Å². The Morgan fingerprint density at radius 2 is 2.00 bits per heavy atom. The van der Waals surface area contributed by atoms with Crippen molar-refractivity contribution in [2.45, 2.75) is 12.8 Å². The summed E-state index contributed by atoms with van der Waals surface area (Å²) < 4.78 is 13.8. The summed E-state index contributed by atoms with van der Waals surface area (Å²) in [6.45, 7) is 2.01. The van der Waals surface area contributed by atoms with Gasteiger partial charge in [-0.05, 0) is 41.5 Å². The summed E-state index contributed by atoms with van der Waals surface area (Å²) in [4.78, 5) is 6.00. The summed E-state index contributed by atoms with van der Waals surface area (Å²) in [6, 6.07) is 3.37. The fourth-order valence-electron chi connectivity index (χ4n) is 1.56. The molecule has 1 saturated heterocycles. The Morgan fingerprint density at radius 3 is 2.62 bits per heavy atom. The Kier molecular flexibility index (Phi) is 2.66. The predicted octanol–water partition coefficient (Wildman–Crippen LogP) is 2.43. The van der Waals surface area contributed by atoms with Crippen LogP contribution in [0.25, 0.3) is 0 Å². The van der Waals surface area contributed by atoms with Crippen molar-refractivity contribution in [3.8, 4) is 0 Å². The zero-order chi connectivity index (χ0) is 9.26. The Labute approximate surface area is 90.3 Å². The zero-order valence-corrected chi connectivity index (χ0v) is 9.29. The molecule has 0 bridgehead atoms. The number of aromatic nitrogens is 1. The van der Waals surface area contributed by atoms with Crippen molar-refractivity contribution in [2.24, 2.45) is 0 Å². The molecule has 1 aromatic heterocycles. The van der Waals surface area contributed by atoms with Crippen LogP contribution in [0, 0.1) is 9.52 Å². The predicted molar refractivity (Wildman–Crippen MR) is 58.4 cm³/mol. The molecule has 0 saturated carbocycles. The van der Waals surface area contributed by atoms with Gasteiger partial charge in [0, 0.05) is 22.7 Å². The number of hydrogen-bond donors (Lipinski definition) is 0. The van der Waals surface area contributed by atoms with Crippen LogP contribution in [0.1, 0.15) is 12.8 Å². The molecule has 0 unspecified atom stereocenters. The van der Waals surface area contributed by atoms with Crippen molar-refractivity contribution in [1.82, 2.24) is 4.98 Å². The second-order valence-corrected chi connectivity index (χ2v) is 4.41. The highest BCUT2D eigenvalue weighted by Crippen LogP contribution is 2.20. The van der Waals surface area contributed by atoms with E-state index < -0.39 is 0 Å². The van der Waals surface area contributed by atoms with Crippen molar-refractivity contribution in [3.05, 3.63) is 21.7 Å². The van der Waals surface area contributed by atoms with E-state index in [0.29, 0.717) is 0 Å². The smallest absolute Gasteiger partial charge is 0.215 e. The summed E-state index contributed by atoms with van der Waals surface area (Å²) in [6.07, 6.45) is 2.38. The molecular weight excluding hydrogens is 282 g/mol. The molecule has 70 valence electrons. The van der Waals surface area contributed by atoms with Crippen molar-refractivity contribution < 1.29 is 4.39 Å². The minimum atomic E-state index is -0.381. The Bertz CT molecular complexity index is 290. The van der Waals surface area contributed by atoms with E-state index in [9.17, 15) is 4.39 Å². The normalized spacial score (nSPS) is 16.6. The topological polar surface area (TPSA) is 16.1 Å². The van der Waals surface area contributed by atoms with Crippen LogP contribution in [0.4, 0.5) is 10.2 Å². The van der Waals surface area contributed by atoms with E-state index in [1.54, 1.807) is 0 Å². The van der Waals surface area contributed by atoms with Crippen LogP contribution >= 0.6 is 22.6 Å². The first-order valence-electron chi connectivity index (χ1n) is 4.34. The quantitative estimate of drug-likeness (QED) is 0.584. The highest BCUT2D eigenvalue weighted by molar-refractivity contribution is 14.1. The van der Waals surface area contributed by atoms with Gasteiger partial charge in [0.1, 0.15) is 5.82 Å². The molecule has 0 amide bonds. The number of rotatable bonds is 1. The fraction of sp³-hybridized carbons (Fsp3) is 0.444. The number of nitrogens with zero attached hydrogens (tertiary/aromatic N) is 2. The fourth-order valence-corrected chi connectivity index (χ4v) is 2.10. The van der Waals surface area contributed by atoms with E-state index in [2.05, 4.69) is 32.5 Å². The number of pyridine rings is 1. The lowest BCUT2D eigenvalue weighted by Gasteiger charge is -2.16. The van der Waals surface area contributed by atoms with E-state index in [1.165, 1.54) is 18.9 Å². The van der Waals surface area contributed by atoms with Gasteiger partial charge in [0.05, 0.1) is 0 Å². The lowest BCUT2D eigenvalue weighted by atomic mass is 10.4. The van der Waals surface area contributed by atoms with Crippen molar-refractivity contribution in [3.63, 3.8) is 0 Å². The van der Waals surface area contributed by atoms with Gasteiger partial charge >= 0.3 is 0 Å². The molecule has 1 aliphatic rings. The first-order valence-corrected chi connectivity index (χ1v) is 5.41. The van der Waals surface area contributed by atoms with Crippen LogP contribution in [0.5, 0.6) is 0 Å². The summed E-state index contributed by atoms with van der Waals surface area (Å²) in [5, 5.41) is 0. The lowest BCUT2D eigenvalue weighted by Crippen LogP contribution is -2.19. The third-order valence-electron chi connectivity index (χ3n) is 2.18. The zero-order valence-electron chi connectivity index (χ0n) is 7.13. The maximum Gasteiger partial charge on any atom is 0.215 e. The van der Waals surface area contributed by atoms with Crippen LogP contribution in [0.3, 0.4) is 0 Å². The number of hydrogen-bond acceptors (Lipinski definition) is 2. The molecule has 0 aliphatic carbocycles. The second kappa shape index (κ2) is 3.77. The summed E-state index contributed by atoms with van der Waals surface area (Å²) in [5.74, 6) is 0.399. The molecule has 1 aliphatic heterocycles. The average molecular weight is 292 g/mol. The third-order valence-corrected chi connectivity index (χ3v) is 2.80. The maximum absolute atomic E-state index is 12.9. The SMILES string of the molecule is Fc1cc(I)cc(N2CCCC2)n1. The Morgan fingerprint density at radius 1 is 1.31 bits per heavy atom. The molecule has 0 spiro atoms. The van der Waals surface area contributed by atoms with Gasteiger partial charge in [-0.1, -0.05) is 0 Å². The van der Waals surface area contributed by atoms with Crippen molar-refractivity contribution in [1.29, 1.82) is 0 Å². The molecule has 13 heavy (non-hydrogen) atoms. The van der Waals surface area contributed by atoms with E-state index in [-0.39, 0.29) is 5.95 Å². The summed E-state index contributed by atoms with van der Waals surface area (Å²) in [7, 11) is 0. The Balaban J connectivity index is 2.28. The van der Waals surface area contributed by atoms with Gasteiger partial charge < -0.3 is 4.90 Å². The molecule has 2 nitrogen and oxygen atoms in total. The van der Waals surface area contributed by atoms with Gasteiger partial charge in [0.25, 0.3) is 0 Å². The van der Waals surface area contributed by atoms with Gasteiger partial charge in [-0.15, -0.1) is 0 Å². The molecule has 0 atom stereocenters. The van der Waals surface area contributed by atoms with Crippen LogP contribution in [0.15, 0.2) is 12.1 Å². The molecule has 1 aromatic rings. The largest absolute Gasteiger partial charge is 0.356 e. The Hall–Kier alpha value is -0.390. The number of halogens is 2. The summed E-state index contributed by atoms with van der Waals surface area (Å²) >= 11 is 2.11. The number of anilines is 1. The highest BCUT2D eigenvalue weighted by atomic mass is 127. The summed E-state index contributed by atoms with van der Waals surface area (Å²) in [5.41, 5.74) is 0. The van der Waals surface area contributed by atoms with Crippen molar-refractivity contribution >= 4 is 28.4 Å². The third kappa shape index (κ3) is 2.10. The molecule has 4 heteroatoms. The first kappa shape index (κ1) is 9.18. The van der Waals surface area contributed by atoms with E-state index >= 15 is 0 Å². The second-order valence-electron chi connectivity index (χ2n) is 3.16. The maximum atomic E-state index is 12.9. The van der Waals surface area contributed by atoms with Gasteiger partial charge in [-0.2, -0.15) is 4.39 Å². The van der Waals surface area contributed by atoms with Crippen LogP contribution in [-0.4, -0.2) is 18.1 Å². The van der Waals surface area contributed by atoms with E-state index in [1.807, 2.05) is 6.07 Å².